The number of anilines is 1. The zero-order chi connectivity index (χ0) is 19.6. The Kier molecular flexibility index (Phi) is 5.43. The summed E-state index contributed by atoms with van der Waals surface area (Å²) in [5.41, 5.74) is -0.479. The maximum Gasteiger partial charge on any atom is 0.253 e. The number of carbonyl (C=O) groups is 2. The third-order valence-electron chi connectivity index (χ3n) is 4.53. The van der Waals surface area contributed by atoms with Crippen molar-refractivity contribution < 1.29 is 27.2 Å². The third kappa shape index (κ3) is 4.10. The van der Waals surface area contributed by atoms with Crippen LogP contribution in [0.15, 0.2) is 36.4 Å². The lowest BCUT2D eigenvalue weighted by Crippen LogP contribution is -2.41. The van der Waals surface area contributed by atoms with Gasteiger partial charge in [0, 0.05) is 24.6 Å². The van der Waals surface area contributed by atoms with E-state index in [0.717, 1.165) is 24.3 Å². The molecule has 0 aliphatic carbocycles. The molecule has 8 heteroatoms. The van der Waals surface area contributed by atoms with Crippen LogP contribution < -0.4 is 5.32 Å². The molecule has 0 radical (unpaired) electrons. The van der Waals surface area contributed by atoms with Gasteiger partial charge in [0.25, 0.3) is 5.91 Å². The lowest BCUT2D eigenvalue weighted by Gasteiger charge is -2.31. The number of amides is 2. The minimum Gasteiger partial charge on any atom is -0.339 e. The molecule has 1 aliphatic heterocycles. The van der Waals surface area contributed by atoms with E-state index in [0.29, 0.717) is 0 Å². The van der Waals surface area contributed by atoms with Crippen LogP contribution in [0.3, 0.4) is 0 Å². The van der Waals surface area contributed by atoms with Crippen molar-refractivity contribution in [3.05, 3.63) is 65.2 Å². The molecule has 2 aromatic rings. The van der Waals surface area contributed by atoms with Crippen molar-refractivity contribution in [2.24, 2.45) is 5.92 Å². The van der Waals surface area contributed by atoms with Crippen LogP contribution in [0, 0.1) is 29.2 Å². The summed E-state index contributed by atoms with van der Waals surface area (Å²) >= 11 is 0. The van der Waals surface area contributed by atoms with Crippen LogP contribution >= 0.6 is 0 Å². The van der Waals surface area contributed by atoms with Crippen LogP contribution in [-0.4, -0.2) is 29.8 Å². The van der Waals surface area contributed by atoms with Crippen molar-refractivity contribution in [1.82, 2.24) is 4.90 Å². The van der Waals surface area contributed by atoms with Crippen LogP contribution in [0.1, 0.15) is 23.2 Å². The fourth-order valence-electron chi connectivity index (χ4n) is 3.00. The summed E-state index contributed by atoms with van der Waals surface area (Å²) in [6.45, 7) is 0.436. The molecule has 0 unspecified atom stereocenters. The van der Waals surface area contributed by atoms with Crippen LogP contribution in [-0.2, 0) is 4.79 Å². The normalized spacial score (nSPS) is 14.9. The maximum atomic E-state index is 13.6. The second-order valence-corrected chi connectivity index (χ2v) is 6.28. The highest BCUT2D eigenvalue weighted by atomic mass is 19.2. The Morgan fingerprint density at radius 3 is 2.11 bits per heavy atom. The summed E-state index contributed by atoms with van der Waals surface area (Å²) in [7, 11) is 0. The van der Waals surface area contributed by atoms with E-state index in [1.165, 1.54) is 17.0 Å². The highest BCUT2D eigenvalue weighted by Crippen LogP contribution is 2.24. The smallest absolute Gasteiger partial charge is 0.253 e. The lowest BCUT2D eigenvalue weighted by molar-refractivity contribution is -0.121. The largest absolute Gasteiger partial charge is 0.339 e. The first-order valence-corrected chi connectivity index (χ1v) is 8.36. The number of halogens is 4. The molecular weight excluding hydrogens is 364 g/mol. The summed E-state index contributed by atoms with van der Waals surface area (Å²) in [4.78, 5) is 26.0. The van der Waals surface area contributed by atoms with E-state index < -0.39 is 46.7 Å². The average molecular weight is 380 g/mol. The maximum absolute atomic E-state index is 13.6. The molecular formula is C19H16F4N2O2. The van der Waals surface area contributed by atoms with E-state index in [4.69, 9.17) is 0 Å². The van der Waals surface area contributed by atoms with Gasteiger partial charge < -0.3 is 10.2 Å². The molecule has 1 saturated heterocycles. The Bertz CT molecular complexity index is 860. The van der Waals surface area contributed by atoms with Crippen molar-refractivity contribution in [3.8, 4) is 0 Å². The van der Waals surface area contributed by atoms with E-state index in [-0.39, 0.29) is 31.5 Å². The number of rotatable bonds is 3. The standard InChI is InChI=1S/C19H16F4N2O2/c20-13-5-4-12(10-16(13)23)19(27)25-8-6-11(7-9-25)18(26)24-17-14(21)2-1-3-15(17)22/h1-5,10-11H,6-9H2,(H,24,26). The fourth-order valence-corrected chi connectivity index (χ4v) is 3.00. The van der Waals surface area contributed by atoms with Gasteiger partial charge in [0.05, 0.1) is 0 Å². The Morgan fingerprint density at radius 1 is 0.889 bits per heavy atom. The van der Waals surface area contributed by atoms with Crippen molar-refractivity contribution in [1.29, 1.82) is 0 Å². The molecule has 0 aromatic heterocycles. The van der Waals surface area contributed by atoms with Crippen molar-refractivity contribution in [2.45, 2.75) is 12.8 Å². The molecule has 2 aromatic carbocycles. The molecule has 3 rings (SSSR count). The van der Waals surface area contributed by atoms with E-state index in [1.807, 2.05) is 0 Å². The number of carbonyl (C=O) groups excluding carboxylic acids is 2. The lowest BCUT2D eigenvalue weighted by atomic mass is 9.95. The topological polar surface area (TPSA) is 49.4 Å². The number of para-hydroxylation sites is 1. The molecule has 2 amide bonds. The predicted molar refractivity (Wildman–Crippen MR) is 90.0 cm³/mol. The van der Waals surface area contributed by atoms with Gasteiger partial charge in [-0.25, -0.2) is 17.6 Å². The molecule has 1 fully saturated rings. The van der Waals surface area contributed by atoms with E-state index in [1.54, 1.807) is 0 Å². The highest BCUT2D eigenvalue weighted by Gasteiger charge is 2.29. The fraction of sp³-hybridized carbons (Fsp3) is 0.263. The molecule has 1 aliphatic rings. The summed E-state index contributed by atoms with van der Waals surface area (Å²) in [6, 6.07) is 6.19. The van der Waals surface area contributed by atoms with E-state index in [9.17, 15) is 27.2 Å². The first-order chi connectivity index (χ1) is 12.9. The molecule has 1 N–H and O–H groups in total. The van der Waals surface area contributed by atoms with Crippen LogP contribution in [0.2, 0.25) is 0 Å². The van der Waals surface area contributed by atoms with E-state index >= 15 is 0 Å². The van der Waals surface area contributed by atoms with Gasteiger partial charge in [-0.1, -0.05) is 6.07 Å². The first-order valence-electron chi connectivity index (χ1n) is 8.36. The third-order valence-corrected chi connectivity index (χ3v) is 4.53. The number of hydrogen-bond donors (Lipinski definition) is 1. The number of nitrogens with one attached hydrogen (secondary N) is 1. The number of nitrogens with zero attached hydrogens (tertiary/aromatic N) is 1. The summed E-state index contributed by atoms with van der Waals surface area (Å²) in [5.74, 6) is -5.39. The van der Waals surface area contributed by atoms with Crippen LogP contribution in [0.5, 0.6) is 0 Å². The Hall–Kier alpha value is -2.90. The van der Waals surface area contributed by atoms with Crippen molar-refractivity contribution in [2.75, 3.05) is 18.4 Å². The van der Waals surface area contributed by atoms with Gasteiger partial charge in [-0.3, -0.25) is 9.59 Å². The first kappa shape index (κ1) is 18.9. The Labute approximate surface area is 152 Å². The average Bonchev–Trinajstić information content (AvgIpc) is 2.66. The second-order valence-electron chi connectivity index (χ2n) is 6.28. The monoisotopic (exact) mass is 380 g/mol. The van der Waals surface area contributed by atoms with Crippen LogP contribution in [0.4, 0.5) is 23.2 Å². The van der Waals surface area contributed by atoms with E-state index in [2.05, 4.69) is 5.32 Å². The molecule has 0 bridgehead atoms. The predicted octanol–water partition coefficient (Wildman–Crippen LogP) is 3.73. The highest BCUT2D eigenvalue weighted by molar-refractivity contribution is 5.95. The van der Waals surface area contributed by atoms with Crippen molar-refractivity contribution >= 4 is 17.5 Å². The molecule has 27 heavy (non-hydrogen) atoms. The minimum absolute atomic E-state index is 0.0187. The number of likely N-dealkylation sites (tertiary alicyclic amines) is 1. The zero-order valence-electron chi connectivity index (χ0n) is 14.1. The van der Waals surface area contributed by atoms with Gasteiger partial charge in [0.15, 0.2) is 11.6 Å². The van der Waals surface area contributed by atoms with Gasteiger partial charge >= 0.3 is 0 Å². The van der Waals surface area contributed by atoms with Gasteiger partial charge in [0.2, 0.25) is 5.91 Å². The molecule has 142 valence electrons. The van der Waals surface area contributed by atoms with Gasteiger partial charge in [0.1, 0.15) is 17.3 Å². The zero-order valence-corrected chi connectivity index (χ0v) is 14.1. The molecule has 0 spiro atoms. The number of hydrogen-bond acceptors (Lipinski definition) is 2. The van der Waals surface area contributed by atoms with Gasteiger partial charge in [-0.15, -0.1) is 0 Å². The summed E-state index contributed by atoms with van der Waals surface area (Å²) in [6.07, 6.45) is 0.578. The summed E-state index contributed by atoms with van der Waals surface area (Å²) in [5, 5.41) is 2.25. The van der Waals surface area contributed by atoms with Gasteiger partial charge in [-0.05, 0) is 43.2 Å². The molecule has 0 atom stereocenters. The van der Waals surface area contributed by atoms with Crippen molar-refractivity contribution in [3.63, 3.8) is 0 Å². The second kappa shape index (κ2) is 7.77. The number of benzene rings is 2. The SMILES string of the molecule is O=C(Nc1c(F)cccc1F)C1CCN(C(=O)c2ccc(F)c(F)c2)CC1. The van der Waals surface area contributed by atoms with Gasteiger partial charge in [-0.2, -0.15) is 0 Å². The molecule has 4 nitrogen and oxygen atoms in total. The minimum atomic E-state index is -1.11. The molecule has 1 heterocycles. The van der Waals surface area contributed by atoms with Crippen LogP contribution in [0.25, 0.3) is 0 Å². The molecule has 0 saturated carbocycles. The quantitative estimate of drug-likeness (QED) is 0.825. The Balaban J connectivity index is 1.60. The Morgan fingerprint density at radius 2 is 1.52 bits per heavy atom. The number of piperidine rings is 1. The summed E-state index contributed by atoms with van der Waals surface area (Å²) < 4.78 is 53.5.